The van der Waals surface area contributed by atoms with E-state index in [0.29, 0.717) is 11.3 Å². The van der Waals surface area contributed by atoms with Gasteiger partial charge in [0.1, 0.15) is 0 Å². The minimum Gasteiger partial charge on any atom is -0.398 e. The van der Waals surface area contributed by atoms with Gasteiger partial charge < -0.3 is 11.1 Å². The molecule has 0 aliphatic carbocycles. The largest absolute Gasteiger partial charge is 0.401 e. The van der Waals surface area contributed by atoms with Crippen LogP contribution in [0.3, 0.4) is 0 Å². The molecule has 1 aromatic carbocycles. The van der Waals surface area contributed by atoms with Crippen molar-refractivity contribution in [1.82, 2.24) is 5.32 Å². The Balaban J connectivity index is 2.51. The van der Waals surface area contributed by atoms with E-state index in [1.54, 1.807) is 18.2 Å². The Morgan fingerprint density at radius 1 is 1.33 bits per heavy atom. The summed E-state index contributed by atoms with van der Waals surface area (Å²) in [5.74, 6) is 0. The van der Waals surface area contributed by atoms with E-state index < -0.39 is 12.7 Å². The quantitative estimate of drug-likeness (QED) is 0.837. The summed E-state index contributed by atoms with van der Waals surface area (Å²) in [6.45, 7) is -0.902. The van der Waals surface area contributed by atoms with Gasteiger partial charge in [-0.15, -0.1) is 0 Å². The summed E-state index contributed by atoms with van der Waals surface area (Å²) >= 11 is 3.22. The number of alkyl halides is 3. The fourth-order valence-electron chi connectivity index (χ4n) is 1.07. The number of hydrogen-bond acceptors (Lipinski definition) is 2. The summed E-state index contributed by atoms with van der Waals surface area (Å²) in [5.41, 5.74) is 6.75. The van der Waals surface area contributed by atoms with Gasteiger partial charge in [0.15, 0.2) is 0 Å². The van der Waals surface area contributed by atoms with Crippen LogP contribution in [0.25, 0.3) is 0 Å². The molecular formula is C9H10BrF3N2. The van der Waals surface area contributed by atoms with Crippen LogP contribution in [0.4, 0.5) is 18.9 Å². The molecule has 0 radical (unpaired) electrons. The molecule has 2 nitrogen and oxygen atoms in total. The smallest absolute Gasteiger partial charge is 0.398 e. The van der Waals surface area contributed by atoms with Crippen LogP contribution in [-0.2, 0) is 6.54 Å². The summed E-state index contributed by atoms with van der Waals surface area (Å²) in [5, 5.41) is 2.28. The van der Waals surface area contributed by atoms with E-state index in [1.807, 2.05) is 0 Å². The lowest BCUT2D eigenvalue weighted by Gasteiger charge is -2.10. The van der Waals surface area contributed by atoms with Crippen LogP contribution in [0.15, 0.2) is 22.7 Å². The van der Waals surface area contributed by atoms with Gasteiger partial charge in [-0.25, -0.2) is 0 Å². The van der Waals surface area contributed by atoms with E-state index in [4.69, 9.17) is 5.73 Å². The normalized spacial score (nSPS) is 11.7. The number of benzene rings is 1. The third kappa shape index (κ3) is 4.53. The van der Waals surface area contributed by atoms with Crippen LogP contribution in [0, 0.1) is 0 Å². The molecule has 84 valence electrons. The Bertz CT molecular complexity index is 339. The molecule has 0 aliphatic rings. The lowest BCUT2D eigenvalue weighted by molar-refractivity contribution is -0.125. The van der Waals surface area contributed by atoms with Crippen molar-refractivity contribution in [2.24, 2.45) is 0 Å². The minimum atomic E-state index is -4.19. The Labute approximate surface area is 93.8 Å². The average Bonchev–Trinajstić information content (AvgIpc) is 2.07. The number of nitrogens with one attached hydrogen (secondary N) is 1. The van der Waals surface area contributed by atoms with E-state index in [1.165, 1.54) is 0 Å². The van der Waals surface area contributed by atoms with Gasteiger partial charge >= 0.3 is 6.18 Å². The lowest BCUT2D eigenvalue weighted by Crippen LogP contribution is -2.28. The molecule has 15 heavy (non-hydrogen) atoms. The van der Waals surface area contributed by atoms with Gasteiger partial charge in [0.2, 0.25) is 0 Å². The van der Waals surface area contributed by atoms with E-state index in [-0.39, 0.29) is 6.54 Å². The van der Waals surface area contributed by atoms with Crippen LogP contribution >= 0.6 is 15.9 Å². The first-order valence-electron chi connectivity index (χ1n) is 4.20. The molecule has 0 heterocycles. The van der Waals surface area contributed by atoms with Gasteiger partial charge in [0, 0.05) is 16.7 Å². The summed E-state index contributed by atoms with van der Waals surface area (Å²) in [4.78, 5) is 0. The molecule has 0 spiro atoms. The van der Waals surface area contributed by atoms with Gasteiger partial charge in [-0.05, 0) is 17.7 Å². The highest BCUT2D eigenvalue weighted by molar-refractivity contribution is 9.10. The van der Waals surface area contributed by atoms with Crippen LogP contribution in [0.1, 0.15) is 5.56 Å². The van der Waals surface area contributed by atoms with Crippen LogP contribution in [0.2, 0.25) is 0 Å². The molecule has 1 rings (SSSR count). The van der Waals surface area contributed by atoms with Gasteiger partial charge in [-0.2, -0.15) is 13.2 Å². The lowest BCUT2D eigenvalue weighted by atomic mass is 10.2. The first kappa shape index (κ1) is 12.3. The molecule has 6 heteroatoms. The van der Waals surface area contributed by atoms with Gasteiger partial charge in [0.05, 0.1) is 6.54 Å². The third-order valence-electron chi connectivity index (χ3n) is 1.75. The molecule has 0 aromatic heterocycles. The van der Waals surface area contributed by atoms with Crippen molar-refractivity contribution < 1.29 is 13.2 Å². The molecule has 0 saturated carbocycles. The second kappa shape index (κ2) is 4.85. The van der Waals surface area contributed by atoms with Crippen molar-refractivity contribution in [2.45, 2.75) is 12.7 Å². The van der Waals surface area contributed by atoms with E-state index in [0.717, 1.165) is 4.47 Å². The Morgan fingerprint density at radius 3 is 2.53 bits per heavy atom. The molecule has 0 atom stereocenters. The standard InChI is InChI=1S/C9H10BrF3N2/c10-7-2-1-6(8(14)3-7)4-15-5-9(11,12)13/h1-3,15H,4-5,14H2. The van der Waals surface area contributed by atoms with E-state index in [2.05, 4.69) is 21.2 Å². The Kier molecular flexibility index (Phi) is 3.98. The van der Waals surface area contributed by atoms with Crippen molar-refractivity contribution in [3.63, 3.8) is 0 Å². The number of nitrogens with two attached hydrogens (primary N) is 1. The first-order chi connectivity index (χ1) is 6.88. The molecule has 0 aliphatic heterocycles. The topological polar surface area (TPSA) is 38.0 Å². The molecule has 0 amide bonds. The second-order valence-electron chi connectivity index (χ2n) is 3.06. The SMILES string of the molecule is Nc1cc(Br)ccc1CNCC(F)(F)F. The van der Waals surface area contributed by atoms with Crippen molar-refractivity contribution in [3.8, 4) is 0 Å². The summed E-state index contributed by atoms with van der Waals surface area (Å²) in [6, 6.07) is 5.08. The van der Waals surface area contributed by atoms with Crippen LogP contribution in [0.5, 0.6) is 0 Å². The number of hydrogen-bond donors (Lipinski definition) is 2. The molecular weight excluding hydrogens is 273 g/mol. The van der Waals surface area contributed by atoms with Crippen LogP contribution in [-0.4, -0.2) is 12.7 Å². The highest BCUT2D eigenvalue weighted by Gasteiger charge is 2.26. The van der Waals surface area contributed by atoms with Gasteiger partial charge in [-0.3, -0.25) is 0 Å². The Morgan fingerprint density at radius 2 is 2.00 bits per heavy atom. The molecule has 0 unspecified atom stereocenters. The monoisotopic (exact) mass is 282 g/mol. The zero-order valence-electron chi connectivity index (χ0n) is 7.74. The number of anilines is 1. The molecule has 0 saturated heterocycles. The van der Waals surface area contributed by atoms with E-state index >= 15 is 0 Å². The Hall–Kier alpha value is -0.750. The molecule has 1 aromatic rings. The highest BCUT2D eigenvalue weighted by atomic mass is 79.9. The zero-order valence-corrected chi connectivity index (χ0v) is 9.32. The molecule has 0 bridgehead atoms. The fourth-order valence-corrected chi connectivity index (χ4v) is 1.44. The third-order valence-corrected chi connectivity index (χ3v) is 2.24. The summed E-state index contributed by atoms with van der Waals surface area (Å²) in [7, 11) is 0. The van der Waals surface area contributed by atoms with Crippen molar-refractivity contribution in [2.75, 3.05) is 12.3 Å². The molecule has 0 fully saturated rings. The predicted molar refractivity (Wildman–Crippen MR) is 56.3 cm³/mol. The number of nitrogen functional groups attached to an aromatic ring is 1. The van der Waals surface area contributed by atoms with Gasteiger partial charge in [0.25, 0.3) is 0 Å². The van der Waals surface area contributed by atoms with Crippen molar-refractivity contribution in [3.05, 3.63) is 28.2 Å². The van der Waals surface area contributed by atoms with Crippen LogP contribution < -0.4 is 11.1 Å². The van der Waals surface area contributed by atoms with E-state index in [9.17, 15) is 13.2 Å². The summed E-state index contributed by atoms with van der Waals surface area (Å²) in [6.07, 6.45) is -4.19. The predicted octanol–water partition coefficient (Wildman–Crippen LogP) is 2.68. The number of halogens is 4. The number of rotatable bonds is 3. The maximum absolute atomic E-state index is 11.8. The fraction of sp³-hybridized carbons (Fsp3) is 0.333. The zero-order chi connectivity index (χ0) is 11.5. The van der Waals surface area contributed by atoms with Crippen molar-refractivity contribution >= 4 is 21.6 Å². The maximum Gasteiger partial charge on any atom is 0.401 e. The second-order valence-corrected chi connectivity index (χ2v) is 3.98. The minimum absolute atomic E-state index is 0.110. The average molecular weight is 283 g/mol. The van der Waals surface area contributed by atoms with Crippen molar-refractivity contribution in [1.29, 1.82) is 0 Å². The highest BCUT2D eigenvalue weighted by Crippen LogP contribution is 2.19. The molecule has 3 N–H and O–H groups in total. The van der Waals surface area contributed by atoms with Gasteiger partial charge in [-0.1, -0.05) is 22.0 Å². The first-order valence-corrected chi connectivity index (χ1v) is 4.99. The maximum atomic E-state index is 11.8. The summed E-state index contributed by atoms with van der Waals surface area (Å²) < 4.78 is 36.3.